The minimum atomic E-state index is -0.972. The molecule has 2 aromatic rings. The second-order valence-electron chi connectivity index (χ2n) is 5.21. The molecule has 0 bridgehead atoms. The average Bonchev–Trinajstić information content (AvgIpc) is 2.39. The van der Waals surface area contributed by atoms with Gasteiger partial charge in [0.05, 0.1) is 6.42 Å². The van der Waals surface area contributed by atoms with Crippen molar-refractivity contribution in [2.24, 2.45) is 5.73 Å². The lowest BCUT2D eigenvalue weighted by atomic mass is 9.92. The zero-order valence-electron chi connectivity index (χ0n) is 12.1. The monoisotopic (exact) mass is 287 g/mol. The summed E-state index contributed by atoms with van der Waals surface area (Å²) in [6.45, 7) is 3.84. The molecule has 0 heterocycles. The number of carboxylic acids is 1. The van der Waals surface area contributed by atoms with Crippen LogP contribution in [0.5, 0.6) is 0 Å². The molecule has 0 aliphatic carbocycles. The molecule has 0 aliphatic rings. The molecule has 4 heteroatoms. The maximum Gasteiger partial charge on any atom is 0.305 e. The van der Waals surface area contributed by atoms with Gasteiger partial charge in [0.1, 0.15) is 5.82 Å². The molecule has 21 heavy (non-hydrogen) atoms. The normalized spacial score (nSPS) is 12.2. The van der Waals surface area contributed by atoms with Crippen LogP contribution in [0, 0.1) is 19.7 Å². The number of aliphatic carboxylic acids is 1. The molecule has 0 spiro atoms. The zero-order chi connectivity index (χ0) is 15.6. The highest BCUT2D eigenvalue weighted by molar-refractivity contribution is 5.72. The lowest BCUT2D eigenvalue weighted by Crippen LogP contribution is -2.15. The van der Waals surface area contributed by atoms with Crippen LogP contribution in [-0.4, -0.2) is 11.1 Å². The number of rotatable bonds is 4. The van der Waals surface area contributed by atoms with E-state index in [4.69, 9.17) is 10.8 Å². The molecule has 0 unspecified atom stereocenters. The maximum atomic E-state index is 14.2. The van der Waals surface area contributed by atoms with Crippen molar-refractivity contribution in [2.45, 2.75) is 26.3 Å². The van der Waals surface area contributed by atoms with Crippen molar-refractivity contribution in [1.82, 2.24) is 0 Å². The first kappa shape index (κ1) is 15.2. The fourth-order valence-corrected chi connectivity index (χ4v) is 2.51. The van der Waals surface area contributed by atoms with Gasteiger partial charge < -0.3 is 10.8 Å². The van der Waals surface area contributed by atoms with Crippen molar-refractivity contribution in [3.63, 3.8) is 0 Å². The average molecular weight is 287 g/mol. The standard InChI is InChI=1S/C17H18FNO2/c1-10-4-3-5-11(2)17(10)13-8-12(6-7-14(13)18)15(19)9-16(20)21/h3-8,15H,9,19H2,1-2H3,(H,20,21)/t15-/m0/s1. The van der Waals surface area contributed by atoms with E-state index in [0.717, 1.165) is 16.7 Å². The Labute approximate surface area is 123 Å². The number of aryl methyl sites for hydroxylation is 2. The maximum absolute atomic E-state index is 14.2. The predicted molar refractivity (Wildman–Crippen MR) is 80.5 cm³/mol. The molecule has 2 rings (SSSR count). The number of carbonyl (C=O) groups is 1. The SMILES string of the molecule is Cc1cccc(C)c1-c1cc([C@@H](N)CC(=O)O)ccc1F. The van der Waals surface area contributed by atoms with Crippen LogP contribution in [0.3, 0.4) is 0 Å². The van der Waals surface area contributed by atoms with Crippen LogP contribution < -0.4 is 5.73 Å². The molecule has 110 valence electrons. The Balaban J connectivity index is 2.52. The molecule has 0 saturated carbocycles. The minimum absolute atomic E-state index is 0.183. The van der Waals surface area contributed by atoms with Gasteiger partial charge in [-0.15, -0.1) is 0 Å². The van der Waals surface area contributed by atoms with Crippen LogP contribution in [0.4, 0.5) is 4.39 Å². The summed E-state index contributed by atoms with van der Waals surface area (Å²) in [7, 11) is 0. The highest BCUT2D eigenvalue weighted by Crippen LogP contribution is 2.31. The van der Waals surface area contributed by atoms with Gasteiger partial charge in [0.2, 0.25) is 0 Å². The van der Waals surface area contributed by atoms with E-state index in [2.05, 4.69) is 0 Å². The summed E-state index contributed by atoms with van der Waals surface area (Å²) in [6, 6.07) is 9.66. The lowest BCUT2D eigenvalue weighted by Gasteiger charge is -2.15. The molecule has 3 nitrogen and oxygen atoms in total. The lowest BCUT2D eigenvalue weighted by molar-refractivity contribution is -0.137. The van der Waals surface area contributed by atoms with E-state index in [1.54, 1.807) is 12.1 Å². The molecule has 1 atom stereocenters. The third-order valence-corrected chi connectivity index (χ3v) is 3.56. The molecule has 2 aromatic carbocycles. The van der Waals surface area contributed by atoms with Crippen molar-refractivity contribution in [3.05, 3.63) is 58.9 Å². The van der Waals surface area contributed by atoms with Crippen molar-refractivity contribution < 1.29 is 14.3 Å². The number of carboxylic acid groups (broad SMARTS) is 1. The number of benzene rings is 2. The van der Waals surface area contributed by atoms with Gasteiger partial charge in [-0.05, 0) is 48.2 Å². The molecule has 0 radical (unpaired) electrons. The molecule has 0 amide bonds. The topological polar surface area (TPSA) is 63.3 Å². The summed E-state index contributed by atoms with van der Waals surface area (Å²) in [6.07, 6.45) is -0.183. The Morgan fingerprint density at radius 1 is 1.24 bits per heavy atom. The van der Waals surface area contributed by atoms with E-state index in [1.807, 2.05) is 32.0 Å². The molecule has 3 N–H and O–H groups in total. The van der Waals surface area contributed by atoms with E-state index in [-0.39, 0.29) is 12.2 Å². The highest BCUT2D eigenvalue weighted by Gasteiger charge is 2.15. The van der Waals surface area contributed by atoms with Gasteiger partial charge in [-0.25, -0.2) is 4.39 Å². The van der Waals surface area contributed by atoms with E-state index in [9.17, 15) is 9.18 Å². The first-order valence-electron chi connectivity index (χ1n) is 6.73. The Hall–Kier alpha value is -2.20. The summed E-state index contributed by atoms with van der Waals surface area (Å²) in [5.74, 6) is -1.31. The fraction of sp³-hybridized carbons (Fsp3) is 0.235. The largest absolute Gasteiger partial charge is 0.481 e. The number of hydrogen-bond acceptors (Lipinski definition) is 2. The summed E-state index contributed by atoms with van der Waals surface area (Å²) < 4.78 is 14.2. The molecular weight excluding hydrogens is 269 g/mol. The quantitative estimate of drug-likeness (QED) is 0.903. The Bertz CT molecular complexity index is 662. The van der Waals surface area contributed by atoms with Crippen molar-refractivity contribution in [2.75, 3.05) is 0 Å². The number of hydrogen-bond donors (Lipinski definition) is 2. The van der Waals surface area contributed by atoms with Gasteiger partial charge in [-0.1, -0.05) is 24.3 Å². The van der Waals surface area contributed by atoms with E-state index >= 15 is 0 Å². The van der Waals surface area contributed by atoms with Crippen LogP contribution >= 0.6 is 0 Å². The zero-order valence-corrected chi connectivity index (χ0v) is 12.1. The first-order chi connectivity index (χ1) is 9.90. The highest BCUT2D eigenvalue weighted by atomic mass is 19.1. The van der Waals surface area contributed by atoms with Crippen LogP contribution in [0.25, 0.3) is 11.1 Å². The van der Waals surface area contributed by atoms with Crippen LogP contribution in [-0.2, 0) is 4.79 Å². The summed E-state index contributed by atoms with van der Waals surface area (Å²) in [5.41, 5.74) is 9.72. The van der Waals surface area contributed by atoms with Crippen molar-refractivity contribution in [1.29, 1.82) is 0 Å². The Morgan fingerprint density at radius 3 is 2.43 bits per heavy atom. The first-order valence-corrected chi connectivity index (χ1v) is 6.73. The number of halogens is 1. The molecule has 0 saturated heterocycles. The van der Waals surface area contributed by atoms with Gasteiger partial charge in [-0.3, -0.25) is 4.79 Å². The molecular formula is C17H18FNO2. The fourth-order valence-electron chi connectivity index (χ4n) is 2.51. The van der Waals surface area contributed by atoms with Crippen LogP contribution in [0.1, 0.15) is 29.2 Å². The minimum Gasteiger partial charge on any atom is -0.481 e. The van der Waals surface area contributed by atoms with E-state index in [1.165, 1.54) is 6.07 Å². The van der Waals surface area contributed by atoms with Gasteiger partial charge in [0, 0.05) is 11.6 Å². The van der Waals surface area contributed by atoms with Gasteiger partial charge in [0.25, 0.3) is 0 Å². The summed E-state index contributed by atoms with van der Waals surface area (Å²) in [5, 5.41) is 8.82. The van der Waals surface area contributed by atoms with Crippen molar-refractivity contribution >= 4 is 5.97 Å². The third-order valence-electron chi connectivity index (χ3n) is 3.56. The van der Waals surface area contributed by atoms with Crippen molar-refractivity contribution in [3.8, 4) is 11.1 Å². The smallest absolute Gasteiger partial charge is 0.305 e. The Kier molecular flexibility index (Phi) is 4.38. The van der Waals surface area contributed by atoms with Gasteiger partial charge in [0.15, 0.2) is 0 Å². The third kappa shape index (κ3) is 3.28. The number of nitrogens with two attached hydrogens (primary N) is 1. The van der Waals surface area contributed by atoms with E-state index < -0.39 is 12.0 Å². The second kappa shape index (κ2) is 6.06. The van der Waals surface area contributed by atoms with Gasteiger partial charge in [-0.2, -0.15) is 0 Å². The predicted octanol–water partition coefficient (Wildman–Crippen LogP) is 3.58. The van der Waals surface area contributed by atoms with E-state index in [0.29, 0.717) is 11.1 Å². The summed E-state index contributed by atoms with van der Waals surface area (Å²) >= 11 is 0. The van der Waals surface area contributed by atoms with Crippen LogP contribution in [0.2, 0.25) is 0 Å². The van der Waals surface area contributed by atoms with Crippen LogP contribution in [0.15, 0.2) is 36.4 Å². The molecule has 0 aliphatic heterocycles. The summed E-state index contributed by atoms with van der Waals surface area (Å²) in [4.78, 5) is 10.8. The second-order valence-corrected chi connectivity index (χ2v) is 5.21. The molecule has 0 aromatic heterocycles. The molecule has 0 fully saturated rings. The Morgan fingerprint density at radius 2 is 1.86 bits per heavy atom. The van der Waals surface area contributed by atoms with Gasteiger partial charge >= 0.3 is 5.97 Å².